The van der Waals surface area contributed by atoms with Crippen molar-refractivity contribution in [1.82, 2.24) is 0 Å². The lowest BCUT2D eigenvalue weighted by Crippen LogP contribution is -2.06. The van der Waals surface area contributed by atoms with Crippen molar-refractivity contribution in [1.29, 1.82) is 0 Å². The van der Waals surface area contributed by atoms with E-state index in [0.717, 1.165) is 16.7 Å². The lowest BCUT2D eigenvalue weighted by atomic mass is 10.00. The summed E-state index contributed by atoms with van der Waals surface area (Å²) in [5.74, 6) is -0.724. The van der Waals surface area contributed by atoms with Crippen LogP contribution in [0.25, 0.3) is 0 Å². The molecule has 0 spiro atoms. The molecule has 16 heavy (non-hydrogen) atoms. The molecule has 3 nitrogen and oxygen atoms in total. The van der Waals surface area contributed by atoms with Gasteiger partial charge >= 0.3 is 5.97 Å². The molecule has 1 aromatic rings. The Balaban J connectivity index is 2.83. The Hall–Kier alpha value is -1.16. The Bertz CT molecular complexity index is 413. The van der Waals surface area contributed by atoms with Crippen molar-refractivity contribution in [2.75, 3.05) is 5.33 Å². The van der Waals surface area contributed by atoms with E-state index in [-0.39, 0.29) is 12.2 Å². The molecule has 0 fully saturated rings. The Morgan fingerprint density at radius 2 is 2.00 bits per heavy atom. The van der Waals surface area contributed by atoms with Crippen molar-refractivity contribution in [3.63, 3.8) is 0 Å². The van der Waals surface area contributed by atoms with Crippen molar-refractivity contribution >= 4 is 27.7 Å². The maximum atomic E-state index is 11.3. The Kier molecular flexibility index (Phi) is 4.68. The lowest BCUT2D eigenvalue weighted by Gasteiger charge is -2.06. The third kappa shape index (κ3) is 3.77. The van der Waals surface area contributed by atoms with Gasteiger partial charge in [-0.25, -0.2) is 0 Å². The van der Waals surface area contributed by atoms with E-state index >= 15 is 0 Å². The molecule has 0 aliphatic rings. The number of hydrogen-bond acceptors (Lipinski definition) is 2. The van der Waals surface area contributed by atoms with Crippen LogP contribution in [-0.2, 0) is 22.4 Å². The molecule has 1 rings (SSSR count). The van der Waals surface area contributed by atoms with Gasteiger partial charge in [0, 0.05) is 6.42 Å². The van der Waals surface area contributed by atoms with Crippen LogP contribution in [0.1, 0.15) is 16.7 Å². The number of halogens is 1. The topological polar surface area (TPSA) is 54.4 Å². The Labute approximate surface area is 103 Å². The first-order valence-corrected chi connectivity index (χ1v) is 6.03. The zero-order valence-corrected chi connectivity index (χ0v) is 10.6. The van der Waals surface area contributed by atoms with Crippen LogP contribution in [0.4, 0.5) is 0 Å². The van der Waals surface area contributed by atoms with Gasteiger partial charge in [-0.3, -0.25) is 9.59 Å². The van der Waals surface area contributed by atoms with Crippen LogP contribution in [-0.4, -0.2) is 22.2 Å². The van der Waals surface area contributed by atoms with Gasteiger partial charge in [0.15, 0.2) is 0 Å². The number of ketones is 1. The van der Waals surface area contributed by atoms with Crippen molar-refractivity contribution < 1.29 is 14.7 Å². The van der Waals surface area contributed by atoms with Crippen LogP contribution in [0.15, 0.2) is 18.2 Å². The SMILES string of the molecule is Cc1cc(CC(=O)O)ccc1CC(=O)CBr. The van der Waals surface area contributed by atoms with Gasteiger partial charge in [0.25, 0.3) is 0 Å². The summed E-state index contributed by atoms with van der Waals surface area (Å²) in [6.07, 6.45) is 0.415. The summed E-state index contributed by atoms with van der Waals surface area (Å²) in [6.45, 7) is 1.89. The standard InChI is InChI=1S/C12H13BrO3/c1-8-4-9(5-12(15)16)2-3-10(8)6-11(14)7-13/h2-4H,5-7H2,1H3,(H,15,16). The van der Waals surface area contributed by atoms with Gasteiger partial charge < -0.3 is 5.11 Å². The number of rotatable bonds is 5. The first kappa shape index (κ1) is 12.9. The number of aliphatic carboxylic acids is 1. The van der Waals surface area contributed by atoms with E-state index < -0.39 is 5.97 Å². The fourth-order valence-electron chi connectivity index (χ4n) is 1.50. The first-order chi connectivity index (χ1) is 7.52. The van der Waals surface area contributed by atoms with E-state index in [0.29, 0.717) is 11.8 Å². The highest BCUT2D eigenvalue weighted by molar-refractivity contribution is 9.09. The van der Waals surface area contributed by atoms with Gasteiger partial charge in [-0.15, -0.1) is 0 Å². The minimum absolute atomic E-state index is 0.0213. The summed E-state index contributed by atoms with van der Waals surface area (Å²) in [5, 5.41) is 9.00. The summed E-state index contributed by atoms with van der Waals surface area (Å²) in [5.41, 5.74) is 2.69. The average molecular weight is 285 g/mol. The van der Waals surface area contributed by atoms with Crippen molar-refractivity contribution in [3.8, 4) is 0 Å². The summed E-state index contributed by atoms with van der Waals surface area (Å²) >= 11 is 3.12. The predicted octanol–water partition coefficient (Wildman–Crippen LogP) is 2.13. The number of carbonyl (C=O) groups is 2. The number of carbonyl (C=O) groups excluding carboxylic acids is 1. The number of hydrogen-bond donors (Lipinski definition) is 1. The van der Waals surface area contributed by atoms with Gasteiger partial charge in [0.05, 0.1) is 11.8 Å². The van der Waals surface area contributed by atoms with Crippen LogP contribution >= 0.6 is 15.9 Å². The summed E-state index contributed by atoms with van der Waals surface area (Å²) < 4.78 is 0. The molecule has 0 aliphatic carbocycles. The summed E-state index contributed by atoms with van der Waals surface area (Å²) in [6, 6.07) is 5.41. The number of carboxylic acid groups (broad SMARTS) is 1. The zero-order chi connectivity index (χ0) is 12.1. The number of benzene rings is 1. The smallest absolute Gasteiger partial charge is 0.307 e. The second-order valence-corrected chi connectivity index (χ2v) is 4.24. The molecule has 0 saturated carbocycles. The number of aryl methyl sites for hydroxylation is 1. The van der Waals surface area contributed by atoms with E-state index in [9.17, 15) is 9.59 Å². The molecule has 0 aliphatic heterocycles. The highest BCUT2D eigenvalue weighted by Gasteiger charge is 2.07. The van der Waals surface area contributed by atoms with Gasteiger partial charge in [-0.05, 0) is 23.6 Å². The van der Waals surface area contributed by atoms with Gasteiger partial charge in [-0.1, -0.05) is 34.1 Å². The van der Waals surface area contributed by atoms with Crippen LogP contribution in [0, 0.1) is 6.92 Å². The van der Waals surface area contributed by atoms with E-state index in [2.05, 4.69) is 15.9 Å². The second kappa shape index (κ2) is 5.80. The number of Topliss-reactive ketones (excluding diaryl/α,β-unsaturated/α-hetero) is 1. The van der Waals surface area contributed by atoms with Gasteiger partial charge in [-0.2, -0.15) is 0 Å². The third-order valence-electron chi connectivity index (χ3n) is 2.30. The normalized spacial score (nSPS) is 10.1. The molecule has 0 aromatic heterocycles. The molecule has 1 aromatic carbocycles. The molecule has 0 heterocycles. The fraction of sp³-hybridized carbons (Fsp3) is 0.333. The molecule has 0 bridgehead atoms. The quantitative estimate of drug-likeness (QED) is 0.843. The molecule has 0 saturated heterocycles. The molecule has 4 heteroatoms. The largest absolute Gasteiger partial charge is 0.481 e. The zero-order valence-electron chi connectivity index (χ0n) is 9.00. The minimum Gasteiger partial charge on any atom is -0.481 e. The van der Waals surface area contributed by atoms with Crippen molar-refractivity contribution in [2.24, 2.45) is 0 Å². The van der Waals surface area contributed by atoms with E-state index in [1.807, 2.05) is 19.1 Å². The number of carboxylic acids is 1. The lowest BCUT2D eigenvalue weighted by molar-refractivity contribution is -0.136. The van der Waals surface area contributed by atoms with E-state index in [1.165, 1.54) is 0 Å². The highest BCUT2D eigenvalue weighted by Crippen LogP contribution is 2.13. The molecular weight excluding hydrogens is 272 g/mol. The van der Waals surface area contributed by atoms with Crippen LogP contribution in [0.2, 0.25) is 0 Å². The minimum atomic E-state index is -0.844. The molecule has 0 unspecified atom stereocenters. The van der Waals surface area contributed by atoms with Crippen molar-refractivity contribution in [3.05, 3.63) is 34.9 Å². The summed E-state index contributed by atoms with van der Waals surface area (Å²) in [7, 11) is 0. The Morgan fingerprint density at radius 3 is 2.50 bits per heavy atom. The average Bonchev–Trinajstić information content (AvgIpc) is 2.21. The van der Waals surface area contributed by atoms with Crippen LogP contribution in [0.5, 0.6) is 0 Å². The van der Waals surface area contributed by atoms with Crippen molar-refractivity contribution in [2.45, 2.75) is 19.8 Å². The number of alkyl halides is 1. The summed E-state index contributed by atoms with van der Waals surface area (Å²) in [4.78, 5) is 21.8. The first-order valence-electron chi connectivity index (χ1n) is 4.90. The van der Waals surface area contributed by atoms with Crippen LogP contribution in [0.3, 0.4) is 0 Å². The molecule has 0 amide bonds. The third-order valence-corrected chi connectivity index (χ3v) is 2.92. The fourth-order valence-corrected chi connectivity index (χ4v) is 1.70. The molecular formula is C12H13BrO3. The maximum Gasteiger partial charge on any atom is 0.307 e. The molecule has 0 atom stereocenters. The Morgan fingerprint density at radius 1 is 1.31 bits per heavy atom. The van der Waals surface area contributed by atoms with Crippen LogP contribution < -0.4 is 0 Å². The van der Waals surface area contributed by atoms with E-state index in [4.69, 9.17) is 5.11 Å². The monoisotopic (exact) mass is 284 g/mol. The molecule has 1 N–H and O–H groups in total. The maximum absolute atomic E-state index is 11.3. The molecule has 86 valence electrons. The molecule has 0 radical (unpaired) electrons. The second-order valence-electron chi connectivity index (χ2n) is 3.68. The van der Waals surface area contributed by atoms with Gasteiger partial charge in [0.2, 0.25) is 0 Å². The van der Waals surface area contributed by atoms with E-state index in [1.54, 1.807) is 6.07 Å². The highest BCUT2D eigenvalue weighted by atomic mass is 79.9. The van der Waals surface area contributed by atoms with Gasteiger partial charge in [0.1, 0.15) is 5.78 Å². The predicted molar refractivity (Wildman–Crippen MR) is 65.0 cm³/mol.